The van der Waals surface area contributed by atoms with E-state index in [1.54, 1.807) is 36.5 Å². The topological polar surface area (TPSA) is 84.3 Å². The Morgan fingerprint density at radius 1 is 1.15 bits per heavy atom. The molecule has 168 valence electrons. The molecule has 1 aromatic carbocycles. The van der Waals surface area contributed by atoms with Crippen LogP contribution < -0.4 is 5.32 Å². The number of hydrogen-bond donors (Lipinski definition) is 1. The molecule has 3 aromatic rings. The van der Waals surface area contributed by atoms with Crippen molar-refractivity contribution in [3.63, 3.8) is 0 Å². The Kier molecular flexibility index (Phi) is 6.40. The lowest BCUT2D eigenvalue weighted by Crippen LogP contribution is -2.36. The highest BCUT2D eigenvalue weighted by Gasteiger charge is 2.36. The number of rotatable bonds is 5. The van der Waals surface area contributed by atoms with Crippen LogP contribution in [0.4, 0.5) is 10.5 Å². The molecule has 7 nitrogen and oxygen atoms in total. The van der Waals surface area contributed by atoms with Crippen molar-refractivity contribution in [1.82, 2.24) is 14.5 Å². The van der Waals surface area contributed by atoms with Gasteiger partial charge < -0.3 is 9.88 Å². The predicted molar refractivity (Wildman–Crippen MR) is 131 cm³/mol. The minimum Gasteiger partial charge on any atom is -0.323 e. The molecule has 4 rings (SSSR count). The summed E-state index contributed by atoms with van der Waals surface area (Å²) in [5.74, 6) is -0.229. The maximum Gasteiger partial charge on any atom is 0.294 e. The quantitative estimate of drug-likeness (QED) is 0.512. The molecule has 1 saturated heterocycles. The van der Waals surface area contributed by atoms with Crippen molar-refractivity contribution in [1.29, 1.82) is 0 Å². The van der Waals surface area contributed by atoms with Crippen LogP contribution in [-0.2, 0) is 9.59 Å². The maximum absolute atomic E-state index is 12.9. The molecule has 0 spiro atoms. The number of carbonyl (C=O) groups is 3. The molecular weight excluding hydrogens is 460 g/mol. The number of nitrogens with zero attached hydrogens (tertiary/aromatic N) is 3. The lowest BCUT2D eigenvalue weighted by atomic mass is 10.2. The van der Waals surface area contributed by atoms with Crippen molar-refractivity contribution in [3.05, 3.63) is 81.1 Å². The molecule has 0 bridgehead atoms. The number of pyridine rings is 1. The van der Waals surface area contributed by atoms with Crippen molar-refractivity contribution in [2.75, 3.05) is 11.9 Å². The smallest absolute Gasteiger partial charge is 0.294 e. The first-order chi connectivity index (χ1) is 15.7. The lowest BCUT2D eigenvalue weighted by Gasteiger charge is -2.13. The van der Waals surface area contributed by atoms with Gasteiger partial charge in [0.1, 0.15) is 12.4 Å². The SMILES string of the molecule is Cc1ccc(-n2c(C)cc(/C=C3/SC(=O)N(CC(=O)Nc4ccccc4Cl)C3=O)c2C)nc1. The van der Waals surface area contributed by atoms with Gasteiger partial charge in [0.2, 0.25) is 5.91 Å². The van der Waals surface area contributed by atoms with Gasteiger partial charge in [-0.2, -0.15) is 0 Å². The van der Waals surface area contributed by atoms with Gasteiger partial charge in [0, 0.05) is 17.6 Å². The monoisotopic (exact) mass is 480 g/mol. The van der Waals surface area contributed by atoms with Crippen LogP contribution >= 0.6 is 23.4 Å². The zero-order chi connectivity index (χ0) is 23.7. The third kappa shape index (κ3) is 4.72. The minimum absolute atomic E-state index is 0.266. The first-order valence-electron chi connectivity index (χ1n) is 10.2. The van der Waals surface area contributed by atoms with Crippen molar-refractivity contribution in [2.24, 2.45) is 0 Å². The summed E-state index contributed by atoms with van der Waals surface area (Å²) in [6.07, 6.45) is 3.48. The number of hydrogen-bond acceptors (Lipinski definition) is 5. The van der Waals surface area contributed by atoms with Gasteiger partial charge in [0.15, 0.2) is 0 Å². The molecule has 9 heteroatoms. The zero-order valence-corrected chi connectivity index (χ0v) is 19.8. The molecule has 1 aliphatic heterocycles. The lowest BCUT2D eigenvalue weighted by molar-refractivity contribution is -0.127. The van der Waals surface area contributed by atoms with Crippen LogP contribution in [0.5, 0.6) is 0 Å². The second-order valence-corrected chi connectivity index (χ2v) is 9.05. The highest BCUT2D eigenvalue weighted by molar-refractivity contribution is 8.18. The molecule has 0 unspecified atom stereocenters. The van der Waals surface area contributed by atoms with E-state index in [1.807, 2.05) is 43.5 Å². The van der Waals surface area contributed by atoms with E-state index in [-0.39, 0.29) is 11.4 Å². The second kappa shape index (κ2) is 9.25. The van der Waals surface area contributed by atoms with Gasteiger partial charge in [-0.1, -0.05) is 29.8 Å². The number of anilines is 1. The van der Waals surface area contributed by atoms with Gasteiger partial charge in [-0.3, -0.25) is 19.3 Å². The average molecular weight is 481 g/mol. The van der Waals surface area contributed by atoms with Gasteiger partial charge in [-0.05, 0) is 74.0 Å². The summed E-state index contributed by atoms with van der Waals surface area (Å²) >= 11 is 6.87. The van der Waals surface area contributed by atoms with Crippen LogP contribution in [0.15, 0.2) is 53.6 Å². The Balaban J connectivity index is 1.53. The second-order valence-electron chi connectivity index (χ2n) is 7.65. The van der Waals surface area contributed by atoms with Crippen LogP contribution in [0.25, 0.3) is 11.9 Å². The van der Waals surface area contributed by atoms with Crippen LogP contribution in [-0.4, -0.2) is 38.0 Å². The van der Waals surface area contributed by atoms with Gasteiger partial charge >= 0.3 is 0 Å². The number of aryl methyl sites for hydroxylation is 2. The van der Waals surface area contributed by atoms with E-state index in [9.17, 15) is 14.4 Å². The molecule has 33 heavy (non-hydrogen) atoms. The molecular formula is C24H21ClN4O3S. The van der Waals surface area contributed by atoms with Gasteiger partial charge in [-0.25, -0.2) is 4.98 Å². The number of halogens is 1. The number of amides is 3. The van der Waals surface area contributed by atoms with Crippen molar-refractivity contribution in [2.45, 2.75) is 20.8 Å². The highest BCUT2D eigenvalue weighted by Crippen LogP contribution is 2.33. The third-order valence-corrected chi connectivity index (χ3v) is 6.44. The summed E-state index contributed by atoms with van der Waals surface area (Å²) < 4.78 is 1.99. The van der Waals surface area contributed by atoms with E-state index < -0.39 is 17.1 Å². The molecule has 0 saturated carbocycles. The fourth-order valence-corrected chi connectivity index (χ4v) is 4.56. The van der Waals surface area contributed by atoms with Crippen LogP contribution in [0.3, 0.4) is 0 Å². The summed E-state index contributed by atoms with van der Waals surface area (Å²) in [6, 6.07) is 12.6. The molecule has 1 fully saturated rings. The normalized spacial score (nSPS) is 14.9. The summed E-state index contributed by atoms with van der Waals surface area (Å²) in [7, 11) is 0. The molecule has 1 N–H and O–H groups in total. The molecule has 0 atom stereocenters. The Bertz CT molecular complexity index is 1300. The number of imide groups is 1. The van der Waals surface area contributed by atoms with Gasteiger partial charge in [0.25, 0.3) is 11.1 Å². The number of carbonyl (C=O) groups excluding carboxylic acids is 3. The van der Waals surface area contributed by atoms with Crippen molar-refractivity contribution < 1.29 is 14.4 Å². The highest BCUT2D eigenvalue weighted by atomic mass is 35.5. The van der Waals surface area contributed by atoms with Crippen molar-refractivity contribution in [3.8, 4) is 5.82 Å². The summed E-state index contributed by atoms with van der Waals surface area (Å²) in [5, 5.41) is 2.51. The minimum atomic E-state index is -0.504. The first kappa shape index (κ1) is 22.8. The first-order valence-corrected chi connectivity index (χ1v) is 11.4. The summed E-state index contributed by atoms with van der Waals surface area (Å²) in [5.41, 5.74) is 4.14. The molecule has 1 aliphatic rings. The van der Waals surface area contributed by atoms with Crippen LogP contribution in [0, 0.1) is 20.8 Å². The van der Waals surface area contributed by atoms with E-state index in [0.717, 1.165) is 45.0 Å². The maximum atomic E-state index is 12.9. The zero-order valence-electron chi connectivity index (χ0n) is 18.3. The number of benzene rings is 1. The molecule has 3 heterocycles. The van der Waals surface area contributed by atoms with E-state index >= 15 is 0 Å². The number of thioether (sulfide) groups is 1. The standard InChI is InChI=1S/C24H21ClN4O3S/c1-14-8-9-21(26-12-14)29-15(2)10-17(16(29)3)11-20-23(31)28(24(32)33-20)13-22(30)27-19-7-5-4-6-18(19)25/h4-12H,13H2,1-3H3,(H,27,30)/b20-11+. The predicted octanol–water partition coefficient (Wildman–Crippen LogP) is 5.13. The van der Waals surface area contributed by atoms with E-state index in [0.29, 0.717) is 10.7 Å². The van der Waals surface area contributed by atoms with Crippen LogP contribution in [0.1, 0.15) is 22.5 Å². The van der Waals surface area contributed by atoms with Gasteiger partial charge in [-0.15, -0.1) is 0 Å². The Labute approximate surface area is 200 Å². The number of aromatic nitrogens is 2. The fourth-order valence-electron chi connectivity index (χ4n) is 3.55. The molecule has 0 radical (unpaired) electrons. The summed E-state index contributed by atoms with van der Waals surface area (Å²) in [6.45, 7) is 5.47. The fraction of sp³-hybridized carbons (Fsp3) is 0.167. The Morgan fingerprint density at radius 3 is 2.61 bits per heavy atom. The average Bonchev–Trinajstić information content (AvgIpc) is 3.20. The molecule has 3 amide bonds. The van der Waals surface area contributed by atoms with E-state index in [2.05, 4.69) is 10.3 Å². The molecule has 0 aliphatic carbocycles. The number of para-hydroxylation sites is 1. The van der Waals surface area contributed by atoms with Crippen molar-refractivity contribution >= 4 is 52.2 Å². The summed E-state index contributed by atoms with van der Waals surface area (Å²) in [4.78, 5) is 43.4. The van der Waals surface area contributed by atoms with Crippen LogP contribution in [0.2, 0.25) is 5.02 Å². The van der Waals surface area contributed by atoms with E-state index in [4.69, 9.17) is 11.6 Å². The van der Waals surface area contributed by atoms with E-state index in [1.165, 1.54) is 0 Å². The third-order valence-electron chi connectivity index (χ3n) is 5.20. The van der Waals surface area contributed by atoms with Gasteiger partial charge in [0.05, 0.1) is 15.6 Å². The Hall–Kier alpha value is -3.36. The largest absolute Gasteiger partial charge is 0.323 e. The Morgan fingerprint density at radius 2 is 1.91 bits per heavy atom. The number of nitrogens with one attached hydrogen (secondary N) is 1. The molecule has 2 aromatic heterocycles.